The lowest BCUT2D eigenvalue weighted by Gasteiger charge is -2.16. The molecule has 0 saturated heterocycles. The first kappa shape index (κ1) is 22.3. The molecule has 29 heavy (non-hydrogen) atoms. The molecule has 8 heteroatoms. The zero-order valence-corrected chi connectivity index (χ0v) is 17.3. The lowest BCUT2D eigenvalue weighted by atomic mass is 9.95. The van der Waals surface area contributed by atoms with Gasteiger partial charge in [-0.1, -0.05) is 18.7 Å². The van der Waals surface area contributed by atoms with Crippen LogP contribution < -0.4 is 15.2 Å². The molecule has 1 unspecified atom stereocenters. The Kier molecular flexibility index (Phi) is 6.94. The lowest BCUT2D eigenvalue weighted by Crippen LogP contribution is -2.18. The smallest absolute Gasteiger partial charge is 0.308 e. The molecule has 0 bridgehead atoms. The maximum absolute atomic E-state index is 12.2. The Hall–Kier alpha value is -2.97. The van der Waals surface area contributed by atoms with E-state index in [1.165, 1.54) is 38.1 Å². The van der Waals surface area contributed by atoms with Gasteiger partial charge in [-0.25, -0.2) is 8.42 Å². The fourth-order valence-electron chi connectivity index (χ4n) is 2.77. The third-order valence-electron chi connectivity index (χ3n) is 3.93. The van der Waals surface area contributed by atoms with E-state index < -0.39 is 21.8 Å². The molecule has 2 aromatic carbocycles. The molecule has 0 aliphatic heterocycles. The van der Waals surface area contributed by atoms with Crippen molar-refractivity contribution in [2.75, 3.05) is 0 Å². The summed E-state index contributed by atoms with van der Waals surface area (Å²) in [4.78, 5) is 22.9. The zero-order chi connectivity index (χ0) is 21.8. The van der Waals surface area contributed by atoms with Crippen molar-refractivity contribution in [2.24, 2.45) is 5.73 Å². The first-order chi connectivity index (χ1) is 13.5. The van der Waals surface area contributed by atoms with Gasteiger partial charge in [-0.2, -0.15) is 0 Å². The van der Waals surface area contributed by atoms with Crippen molar-refractivity contribution < 1.29 is 27.5 Å². The van der Waals surface area contributed by atoms with E-state index >= 15 is 0 Å². The van der Waals surface area contributed by atoms with Crippen LogP contribution in [0.1, 0.15) is 26.3 Å². The number of ether oxygens (including phenoxy) is 2. The maximum Gasteiger partial charge on any atom is 0.308 e. The quantitative estimate of drug-likeness (QED) is 0.544. The SMILES string of the molecule is C=CS(=O)(=O)c1ccc(CC(C)N)c(-c2ccc(OC(C)=O)c(OC(C)=O)c2)c1. The molecule has 7 nitrogen and oxygen atoms in total. The molecule has 0 amide bonds. The Morgan fingerprint density at radius 2 is 1.69 bits per heavy atom. The summed E-state index contributed by atoms with van der Waals surface area (Å²) in [5.74, 6) is -1.02. The third-order valence-corrected chi connectivity index (χ3v) is 5.28. The van der Waals surface area contributed by atoms with Gasteiger partial charge in [0.15, 0.2) is 21.3 Å². The second-order valence-electron chi connectivity index (χ2n) is 6.56. The second-order valence-corrected chi connectivity index (χ2v) is 8.46. The Balaban J connectivity index is 2.69. The highest BCUT2D eigenvalue weighted by Crippen LogP contribution is 2.36. The van der Waals surface area contributed by atoms with Crippen LogP contribution in [-0.2, 0) is 25.8 Å². The molecule has 0 radical (unpaired) electrons. The van der Waals surface area contributed by atoms with Gasteiger partial charge < -0.3 is 15.2 Å². The summed E-state index contributed by atoms with van der Waals surface area (Å²) in [5, 5.41) is 0.880. The van der Waals surface area contributed by atoms with E-state index in [9.17, 15) is 18.0 Å². The summed E-state index contributed by atoms with van der Waals surface area (Å²) in [6.07, 6.45) is 0.498. The Morgan fingerprint density at radius 3 is 2.24 bits per heavy atom. The molecule has 2 N–H and O–H groups in total. The predicted molar refractivity (Wildman–Crippen MR) is 109 cm³/mol. The lowest BCUT2D eigenvalue weighted by molar-refractivity contribution is -0.134. The van der Waals surface area contributed by atoms with Gasteiger partial charge >= 0.3 is 11.9 Å². The van der Waals surface area contributed by atoms with Gasteiger partial charge in [-0.05, 0) is 54.3 Å². The molecular formula is C21H23NO6S. The molecular weight excluding hydrogens is 394 g/mol. The van der Waals surface area contributed by atoms with Crippen LogP contribution in [0.25, 0.3) is 11.1 Å². The Bertz CT molecular complexity index is 1060. The van der Waals surface area contributed by atoms with Gasteiger partial charge in [-0.3, -0.25) is 9.59 Å². The number of sulfone groups is 1. The van der Waals surface area contributed by atoms with Gasteiger partial charge in [0.25, 0.3) is 0 Å². The van der Waals surface area contributed by atoms with E-state index in [0.717, 1.165) is 11.0 Å². The van der Waals surface area contributed by atoms with E-state index in [1.54, 1.807) is 12.1 Å². The average molecular weight is 417 g/mol. The molecule has 154 valence electrons. The Labute approximate surface area is 170 Å². The van der Waals surface area contributed by atoms with Crippen LogP contribution in [0.2, 0.25) is 0 Å². The fraction of sp³-hybridized carbons (Fsp3) is 0.238. The third kappa shape index (κ3) is 5.75. The van der Waals surface area contributed by atoms with Gasteiger partial charge in [-0.15, -0.1) is 0 Å². The van der Waals surface area contributed by atoms with E-state index in [-0.39, 0.29) is 22.4 Å². The van der Waals surface area contributed by atoms with E-state index in [2.05, 4.69) is 6.58 Å². The molecule has 0 saturated carbocycles. The molecule has 1 atom stereocenters. The van der Waals surface area contributed by atoms with Crippen LogP contribution in [0.15, 0.2) is 53.3 Å². The molecule has 2 aromatic rings. The number of hydrogen-bond acceptors (Lipinski definition) is 7. The number of nitrogens with two attached hydrogens (primary N) is 1. The summed E-state index contributed by atoms with van der Waals surface area (Å²) in [6.45, 7) is 7.65. The van der Waals surface area contributed by atoms with E-state index in [0.29, 0.717) is 17.5 Å². The molecule has 0 fully saturated rings. The first-order valence-corrected chi connectivity index (χ1v) is 10.4. The standard InChI is InChI=1S/C21H23NO6S/c1-5-29(25,26)18-8-6-16(10-13(2)22)19(12-18)17-7-9-20(27-14(3)23)21(11-17)28-15(4)24/h5-9,11-13H,1,10,22H2,2-4H3. The summed E-state index contributed by atoms with van der Waals surface area (Å²) in [5.41, 5.74) is 7.93. The van der Waals surface area contributed by atoms with Crippen molar-refractivity contribution in [3.05, 3.63) is 53.9 Å². The number of rotatable bonds is 7. The van der Waals surface area contributed by atoms with E-state index in [4.69, 9.17) is 15.2 Å². The number of hydrogen-bond donors (Lipinski definition) is 1. The van der Waals surface area contributed by atoms with Crippen LogP contribution in [-0.4, -0.2) is 26.4 Å². The maximum atomic E-state index is 12.2. The second kappa shape index (κ2) is 9.02. The van der Waals surface area contributed by atoms with Gasteiger partial charge in [0.1, 0.15) is 0 Å². The Morgan fingerprint density at radius 1 is 1.07 bits per heavy atom. The number of benzene rings is 2. The highest BCUT2D eigenvalue weighted by molar-refractivity contribution is 7.94. The molecule has 0 aliphatic rings. The van der Waals surface area contributed by atoms with Crippen LogP contribution in [0.4, 0.5) is 0 Å². The summed E-state index contributed by atoms with van der Waals surface area (Å²) in [6, 6.07) is 9.20. The molecule has 0 spiro atoms. The molecule has 2 rings (SSSR count). The predicted octanol–water partition coefficient (Wildman–Crippen LogP) is 3.01. The number of carbonyl (C=O) groups excluding carboxylic acids is 2. The minimum atomic E-state index is -3.65. The van der Waals surface area contributed by atoms with Gasteiger partial charge in [0.2, 0.25) is 0 Å². The molecule has 0 aliphatic carbocycles. The topological polar surface area (TPSA) is 113 Å². The number of carbonyl (C=O) groups is 2. The minimum absolute atomic E-state index is 0.0499. The zero-order valence-electron chi connectivity index (χ0n) is 16.5. The summed E-state index contributed by atoms with van der Waals surface area (Å²) < 4.78 is 34.7. The van der Waals surface area contributed by atoms with Crippen molar-refractivity contribution in [3.63, 3.8) is 0 Å². The van der Waals surface area contributed by atoms with Gasteiger partial charge in [0.05, 0.1) is 4.90 Å². The van der Waals surface area contributed by atoms with E-state index in [1.807, 2.05) is 6.92 Å². The summed E-state index contributed by atoms with van der Waals surface area (Å²) in [7, 11) is -3.65. The van der Waals surface area contributed by atoms with Crippen molar-refractivity contribution in [2.45, 2.75) is 38.1 Å². The fourth-order valence-corrected chi connectivity index (χ4v) is 3.50. The normalized spacial score (nSPS) is 12.1. The largest absolute Gasteiger partial charge is 0.423 e. The van der Waals surface area contributed by atoms with Gasteiger partial charge in [0, 0.05) is 25.3 Å². The van der Waals surface area contributed by atoms with Crippen LogP contribution >= 0.6 is 0 Å². The van der Waals surface area contributed by atoms with Crippen molar-refractivity contribution in [3.8, 4) is 22.6 Å². The molecule has 0 aromatic heterocycles. The highest BCUT2D eigenvalue weighted by Gasteiger charge is 2.17. The van der Waals surface area contributed by atoms with Crippen molar-refractivity contribution in [1.29, 1.82) is 0 Å². The first-order valence-electron chi connectivity index (χ1n) is 8.80. The van der Waals surface area contributed by atoms with Crippen LogP contribution in [0.3, 0.4) is 0 Å². The van der Waals surface area contributed by atoms with Crippen LogP contribution in [0, 0.1) is 0 Å². The highest BCUT2D eigenvalue weighted by atomic mass is 32.2. The van der Waals surface area contributed by atoms with Crippen LogP contribution in [0.5, 0.6) is 11.5 Å². The monoisotopic (exact) mass is 417 g/mol. The average Bonchev–Trinajstić information content (AvgIpc) is 2.62. The van der Waals surface area contributed by atoms with Crippen molar-refractivity contribution >= 4 is 21.8 Å². The number of esters is 2. The van der Waals surface area contributed by atoms with Crippen molar-refractivity contribution in [1.82, 2.24) is 0 Å². The molecule has 0 heterocycles. The minimum Gasteiger partial charge on any atom is -0.423 e. The summed E-state index contributed by atoms with van der Waals surface area (Å²) >= 11 is 0.